The summed E-state index contributed by atoms with van der Waals surface area (Å²) in [6, 6.07) is 0. The molecule has 0 fully saturated rings. The number of hydrogen-bond acceptors (Lipinski definition) is 4. The van der Waals surface area contributed by atoms with Gasteiger partial charge >= 0.3 is 5.97 Å². The van der Waals surface area contributed by atoms with Crippen molar-refractivity contribution in [2.75, 3.05) is 6.61 Å². The summed E-state index contributed by atoms with van der Waals surface area (Å²) in [4.78, 5) is 11.0. The van der Waals surface area contributed by atoms with Crippen LogP contribution in [0.4, 0.5) is 0 Å². The molecule has 0 aromatic carbocycles. The van der Waals surface area contributed by atoms with Crippen LogP contribution in [0.2, 0.25) is 0 Å². The number of rotatable bonds is 3. The molecule has 0 aliphatic heterocycles. The molecule has 0 spiro atoms. The Morgan fingerprint density at radius 3 is 3.06 bits per heavy atom. The van der Waals surface area contributed by atoms with E-state index >= 15 is 0 Å². The van der Waals surface area contributed by atoms with E-state index in [2.05, 4.69) is 15.3 Å². The first-order valence-corrected chi connectivity index (χ1v) is 5.68. The van der Waals surface area contributed by atoms with Gasteiger partial charge in [-0.25, -0.2) is 4.79 Å². The first-order chi connectivity index (χ1) is 8.72. The Kier molecular flexibility index (Phi) is 2.41. The van der Waals surface area contributed by atoms with Crippen molar-refractivity contribution in [3.63, 3.8) is 0 Å². The van der Waals surface area contributed by atoms with E-state index in [0.717, 1.165) is 16.8 Å². The second kappa shape index (κ2) is 3.95. The fourth-order valence-electron chi connectivity index (χ4n) is 2.41. The number of aromatic amines is 1. The average molecular weight is 248 g/mol. The number of H-pyrrole nitrogens is 1. The number of aromatic carboxylic acids is 1. The molecule has 0 saturated carbocycles. The number of nitrogens with zero attached hydrogens (tertiary/aromatic N) is 3. The Bertz CT molecular complexity index is 614. The molecule has 0 radical (unpaired) electrons. The van der Waals surface area contributed by atoms with Gasteiger partial charge in [-0.15, -0.1) is 0 Å². The van der Waals surface area contributed by atoms with Crippen LogP contribution in [0, 0.1) is 0 Å². The normalized spacial score (nSPS) is 13.2. The Hall–Kier alpha value is -2.15. The van der Waals surface area contributed by atoms with Gasteiger partial charge in [0, 0.05) is 16.8 Å². The van der Waals surface area contributed by atoms with E-state index in [1.807, 2.05) is 0 Å². The van der Waals surface area contributed by atoms with Crippen molar-refractivity contribution in [2.24, 2.45) is 0 Å². The van der Waals surface area contributed by atoms with Gasteiger partial charge in [-0.05, 0) is 12.8 Å². The van der Waals surface area contributed by atoms with Crippen LogP contribution >= 0.6 is 0 Å². The highest BCUT2D eigenvalue weighted by molar-refractivity contribution is 5.90. The third kappa shape index (κ3) is 1.44. The van der Waals surface area contributed by atoms with Crippen molar-refractivity contribution in [3.8, 4) is 11.3 Å². The molecule has 0 unspecified atom stereocenters. The van der Waals surface area contributed by atoms with Gasteiger partial charge < -0.3 is 10.2 Å². The second-order valence-electron chi connectivity index (χ2n) is 4.18. The van der Waals surface area contributed by atoms with Crippen LogP contribution in [-0.2, 0) is 19.4 Å². The van der Waals surface area contributed by atoms with Crippen LogP contribution in [0.15, 0.2) is 6.20 Å². The molecule has 0 atom stereocenters. The zero-order chi connectivity index (χ0) is 12.7. The second-order valence-corrected chi connectivity index (χ2v) is 4.18. The molecular formula is C11H12N4O3. The van der Waals surface area contributed by atoms with Crippen LogP contribution in [0.5, 0.6) is 0 Å². The third-order valence-corrected chi connectivity index (χ3v) is 3.21. The van der Waals surface area contributed by atoms with Crippen LogP contribution in [0.3, 0.4) is 0 Å². The lowest BCUT2D eigenvalue weighted by atomic mass is 9.94. The van der Waals surface area contributed by atoms with Gasteiger partial charge in [0.15, 0.2) is 0 Å². The monoisotopic (exact) mass is 248 g/mol. The van der Waals surface area contributed by atoms with Crippen molar-refractivity contribution < 1.29 is 15.0 Å². The maximum atomic E-state index is 11.0. The van der Waals surface area contributed by atoms with E-state index in [1.54, 1.807) is 10.9 Å². The maximum Gasteiger partial charge on any atom is 0.354 e. The van der Waals surface area contributed by atoms with E-state index in [0.29, 0.717) is 25.1 Å². The number of aliphatic hydroxyl groups is 1. The molecule has 0 amide bonds. The van der Waals surface area contributed by atoms with Crippen molar-refractivity contribution >= 4 is 5.97 Å². The number of aliphatic hydroxyl groups excluding tert-OH is 1. The molecule has 7 heteroatoms. The molecule has 94 valence electrons. The Morgan fingerprint density at radius 2 is 2.33 bits per heavy atom. The molecular weight excluding hydrogens is 236 g/mol. The minimum absolute atomic E-state index is 0.0297. The minimum atomic E-state index is -0.991. The topological polar surface area (TPSA) is 104 Å². The summed E-state index contributed by atoms with van der Waals surface area (Å²) in [5.74, 6) is -0.991. The van der Waals surface area contributed by atoms with Gasteiger partial charge in [-0.1, -0.05) is 0 Å². The zero-order valence-electron chi connectivity index (χ0n) is 9.55. The summed E-state index contributed by atoms with van der Waals surface area (Å²) in [5.41, 5.74) is 3.41. The zero-order valence-corrected chi connectivity index (χ0v) is 9.55. The largest absolute Gasteiger partial charge is 0.477 e. The van der Waals surface area contributed by atoms with Gasteiger partial charge in [0.25, 0.3) is 0 Å². The maximum absolute atomic E-state index is 11.0. The number of carboxylic acids is 1. The highest BCUT2D eigenvalue weighted by Gasteiger charge is 2.27. The molecule has 18 heavy (non-hydrogen) atoms. The molecule has 1 aliphatic carbocycles. The van der Waals surface area contributed by atoms with E-state index in [4.69, 9.17) is 10.2 Å². The summed E-state index contributed by atoms with van der Waals surface area (Å²) < 4.78 is 1.74. The quantitative estimate of drug-likeness (QED) is 0.712. The van der Waals surface area contributed by atoms with Crippen molar-refractivity contribution in [3.05, 3.63) is 23.1 Å². The first kappa shape index (κ1) is 11.0. The molecule has 1 aliphatic rings. The number of carbonyl (C=O) groups is 1. The van der Waals surface area contributed by atoms with E-state index in [-0.39, 0.29) is 12.3 Å². The Morgan fingerprint density at radius 1 is 1.50 bits per heavy atom. The van der Waals surface area contributed by atoms with E-state index in [9.17, 15) is 4.79 Å². The summed E-state index contributed by atoms with van der Waals surface area (Å²) >= 11 is 0. The van der Waals surface area contributed by atoms with Gasteiger partial charge in [0.1, 0.15) is 5.69 Å². The fourth-order valence-corrected chi connectivity index (χ4v) is 2.41. The smallest absolute Gasteiger partial charge is 0.354 e. The highest BCUT2D eigenvalue weighted by atomic mass is 16.4. The van der Waals surface area contributed by atoms with Gasteiger partial charge in [0.05, 0.1) is 25.0 Å². The molecule has 7 nitrogen and oxygen atoms in total. The lowest BCUT2D eigenvalue weighted by molar-refractivity contribution is 0.0689. The minimum Gasteiger partial charge on any atom is -0.477 e. The summed E-state index contributed by atoms with van der Waals surface area (Å²) in [6.45, 7) is 0.475. The average Bonchev–Trinajstić information content (AvgIpc) is 2.92. The summed E-state index contributed by atoms with van der Waals surface area (Å²) in [6.07, 6.45) is 3.01. The van der Waals surface area contributed by atoms with E-state index < -0.39 is 5.97 Å². The molecule has 0 saturated heterocycles. The predicted octanol–water partition coefficient (Wildman–Crippen LogP) is 0.0623. The summed E-state index contributed by atoms with van der Waals surface area (Å²) in [7, 11) is 0. The van der Waals surface area contributed by atoms with Crippen LogP contribution in [0.25, 0.3) is 11.3 Å². The predicted molar refractivity (Wildman–Crippen MR) is 61.3 cm³/mol. The van der Waals surface area contributed by atoms with Gasteiger partial charge in [-0.3, -0.25) is 9.78 Å². The van der Waals surface area contributed by atoms with Crippen LogP contribution in [-0.4, -0.2) is 42.8 Å². The van der Waals surface area contributed by atoms with Crippen LogP contribution in [0.1, 0.15) is 21.7 Å². The molecule has 0 bridgehead atoms. The number of hydrogen-bond donors (Lipinski definition) is 3. The molecule has 2 heterocycles. The molecule has 3 rings (SSSR count). The number of fused-ring (bicyclic) bond motifs is 3. The Balaban J connectivity index is 2.10. The standard InChI is InChI=1S/C11H12N4O3/c16-4-3-15-8-2-1-6-9(7(8)5-12-15)13-14-10(6)11(17)18/h5,16H,1-4H2,(H,13,14)(H,17,18). The summed E-state index contributed by atoms with van der Waals surface area (Å²) in [5, 5.41) is 28.8. The van der Waals surface area contributed by atoms with Crippen molar-refractivity contribution in [2.45, 2.75) is 19.4 Å². The first-order valence-electron chi connectivity index (χ1n) is 5.68. The number of aromatic nitrogens is 4. The van der Waals surface area contributed by atoms with Gasteiger partial charge in [-0.2, -0.15) is 10.2 Å². The number of nitrogens with one attached hydrogen (secondary N) is 1. The lowest BCUT2D eigenvalue weighted by Crippen LogP contribution is -2.13. The Labute approximate surface area is 102 Å². The third-order valence-electron chi connectivity index (χ3n) is 3.21. The van der Waals surface area contributed by atoms with E-state index in [1.165, 1.54) is 0 Å². The van der Waals surface area contributed by atoms with Crippen molar-refractivity contribution in [1.82, 2.24) is 20.0 Å². The molecule has 2 aromatic rings. The number of carboxylic acid groups (broad SMARTS) is 1. The highest BCUT2D eigenvalue weighted by Crippen LogP contribution is 2.33. The van der Waals surface area contributed by atoms with Gasteiger partial charge in [0.2, 0.25) is 0 Å². The van der Waals surface area contributed by atoms with Crippen molar-refractivity contribution in [1.29, 1.82) is 0 Å². The molecule has 2 aromatic heterocycles. The molecule has 3 N–H and O–H groups in total. The SMILES string of the molecule is O=C(O)c1[nH]nc2c1CCc1c-2cnn1CCO. The fraction of sp³-hybridized carbons (Fsp3) is 0.364. The van der Waals surface area contributed by atoms with Crippen LogP contribution < -0.4 is 0 Å². The lowest BCUT2D eigenvalue weighted by Gasteiger charge is -2.13.